The van der Waals surface area contributed by atoms with Crippen LogP contribution in [0.1, 0.15) is 50.7 Å². The van der Waals surface area contributed by atoms with Crippen LogP contribution in [0.5, 0.6) is 0 Å². The molecule has 49 heavy (non-hydrogen) atoms. The Hall–Kier alpha value is -5.54. The Morgan fingerprint density at radius 1 is 0.694 bits per heavy atom. The second-order valence-corrected chi connectivity index (χ2v) is 10.9. The number of hydrogen-bond acceptors (Lipinski definition) is 12. The van der Waals surface area contributed by atoms with Crippen molar-refractivity contribution in [3.8, 4) is 0 Å². The van der Waals surface area contributed by atoms with Gasteiger partial charge in [-0.15, -0.1) is 12.4 Å². The number of non-ortho nitro benzene ring substituents is 2. The number of hydrogen-bond donors (Lipinski definition) is 3. The number of aliphatic carboxylic acids is 1. The highest BCUT2D eigenvalue weighted by Crippen LogP contribution is 2.41. The van der Waals surface area contributed by atoms with Crippen molar-refractivity contribution >= 4 is 58.5 Å². The van der Waals surface area contributed by atoms with Crippen LogP contribution in [0.2, 0.25) is 0 Å². The van der Waals surface area contributed by atoms with Gasteiger partial charge in [0.1, 0.15) is 0 Å². The second-order valence-electron chi connectivity index (χ2n) is 10.5. The van der Waals surface area contributed by atoms with Gasteiger partial charge >= 0.3 is 17.9 Å². The van der Waals surface area contributed by atoms with Crippen LogP contribution in [0.15, 0.2) is 93.6 Å². The molecule has 2 aromatic rings. The van der Waals surface area contributed by atoms with E-state index in [9.17, 15) is 44.5 Å². The maximum absolute atomic E-state index is 12.2. The molecular weight excluding hydrogens is 687 g/mol. The molecule has 2 atom stereocenters. The molecule has 4 rings (SSSR count). The lowest BCUT2D eigenvalue weighted by molar-refractivity contribution is -0.385. The van der Waals surface area contributed by atoms with Crippen LogP contribution in [0, 0.1) is 20.2 Å². The first-order chi connectivity index (χ1) is 22.5. The third-order valence-electron chi connectivity index (χ3n) is 7.60. The van der Waals surface area contributed by atoms with Gasteiger partial charge in [-0.2, -0.15) is 0 Å². The second kappa shape index (κ2) is 16.5. The summed E-state index contributed by atoms with van der Waals surface area (Å²) < 4.78 is 9.57. The van der Waals surface area contributed by atoms with Gasteiger partial charge in [0.15, 0.2) is 0 Å². The minimum absolute atomic E-state index is 0. The molecule has 0 fully saturated rings. The smallest absolute Gasteiger partial charge is 0.336 e. The van der Waals surface area contributed by atoms with Crippen molar-refractivity contribution in [1.82, 2.24) is 10.6 Å². The minimum Gasteiger partial charge on any atom is -0.478 e. The standard InChI is InChI=1S/C16H15ClN2O5.C16H16N2O6.ClH/c1-8-12(15(17)20)14(13(9(2)18-8)16(21)24-3)10-5-4-6-11(7-10)19(22)23;1-8-12(15(19)20)14(13(9(2)17-8)16(21)24-3)10-5-4-6-11(7-10)18(22)23;/h4-7,14,18H,1-3H3;4-7,14,17H,1-3H3,(H,19,20);1H/t;14-;/m.0./s1. The number of allylic oxidation sites excluding steroid dienone is 5. The average molecular weight is 720 g/mol. The Kier molecular flexibility index (Phi) is 13.4. The van der Waals surface area contributed by atoms with Gasteiger partial charge < -0.3 is 25.2 Å². The van der Waals surface area contributed by atoms with E-state index in [1.165, 1.54) is 50.6 Å². The van der Waals surface area contributed by atoms with Crippen molar-refractivity contribution in [1.29, 1.82) is 0 Å². The molecule has 3 N–H and O–H groups in total. The molecule has 0 saturated heterocycles. The third kappa shape index (κ3) is 8.49. The number of nitrogens with zero attached hydrogens (tertiary/aromatic N) is 2. The predicted molar refractivity (Wildman–Crippen MR) is 179 cm³/mol. The normalized spacial score (nSPS) is 17.0. The van der Waals surface area contributed by atoms with Crippen LogP contribution in [0.25, 0.3) is 0 Å². The number of esters is 2. The minimum atomic E-state index is -1.22. The third-order valence-corrected chi connectivity index (χ3v) is 7.81. The van der Waals surface area contributed by atoms with Crippen LogP contribution in [-0.2, 0) is 28.7 Å². The maximum Gasteiger partial charge on any atom is 0.336 e. The van der Waals surface area contributed by atoms with E-state index in [1.54, 1.807) is 39.8 Å². The van der Waals surface area contributed by atoms with Crippen LogP contribution in [0.3, 0.4) is 0 Å². The summed E-state index contributed by atoms with van der Waals surface area (Å²) in [5.74, 6) is -4.35. The summed E-state index contributed by atoms with van der Waals surface area (Å²) >= 11 is 5.71. The summed E-state index contributed by atoms with van der Waals surface area (Å²) in [7, 11) is 2.42. The molecule has 2 heterocycles. The monoisotopic (exact) mass is 718 g/mol. The largest absolute Gasteiger partial charge is 0.478 e. The summed E-state index contributed by atoms with van der Waals surface area (Å²) in [6.07, 6.45) is 0. The number of dihydropyridines is 2. The zero-order valence-corrected chi connectivity index (χ0v) is 28.6. The molecule has 0 bridgehead atoms. The van der Waals surface area contributed by atoms with Crippen molar-refractivity contribution in [2.45, 2.75) is 39.5 Å². The van der Waals surface area contributed by atoms with Crippen molar-refractivity contribution in [2.75, 3.05) is 14.2 Å². The molecule has 0 spiro atoms. The molecular formula is C32H32Cl2N4O11. The lowest BCUT2D eigenvalue weighted by Crippen LogP contribution is -2.31. The molecule has 0 amide bonds. The molecule has 0 aromatic heterocycles. The van der Waals surface area contributed by atoms with Crippen molar-refractivity contribution in [3.05, 3.63) is 125 Å². The van der Waals surface area contributed by atoms with E-state index >= 15 is 0 Å². The van der Waals surface area contributed by atoms with Gasteiger partial charge in [-0.05, 0) is 50.4 Å². The summed E-state index contributed by atoms with van der Waals surface area (Å²) in [6.45, 7) is 6.51. The highest BCUT2D eigenvalue weighted by Gasteiger charge is 2.38. The Morgan fingerprint density at radius 2 is 1.04 bits per heavy atom. The molecule has 2 aromatic carbocycles. The molecule has 17 heteroatoms. The van der Waals surface area contributed by atoms with Gasteiger partial charge in [0, 0.05) is 58.5 Å². The van der Waals surface area contributed by atoms with E-state index in [2.05, 4.69) is 10.6 Å². The van der Waals surface area contributed by atoms with E-state index in [1.807, 2.05) is 0 Å². The van der Waals surface area contributed by atoms with Crippen LogP contribution in [0.4, 0.5) is 11.4 Å². The number of carbonyl (C=O) groups excluding carboxylic acids is 3. The number of carbonyl (C=O) groups is 4. The van der Waals surface area contributed by atoms with Gasteiger partial charge in [-0.25, -0.2) is 14.4 Å². The quantitative estimate of drug-likeness (QED) is 0.137. The van der Waals surface area contributed by atoms with Gasteiger partial charge in [-0.3, -0.25) is 25.0 Å². The van der Waals surface area contributed by atoms with Crippen LogP contribution < -0.4 is 10.6 Å². The number of halogens is 2. The SMILES string of the molecule is COC(=O)C1=C(C)NC(C)=C(C(=O)Cl)C1c1cccc([N+](=O)[O-])c1.COC(=O)C1=C(C)NC(C)=C(C(=O)O)[C@@H]1c1cccc([N+](=O)[O-])c1.Cl. The van der Waals surface area contributed by atoms with Crippen molar-refractivity contribution < 1.29 is 43.6 Å². The van der Waals surface area contributed by atoms with E-state index in [4.69, 9.17) is 21.1 Å². The number of nitro groups is 2. The average Bonchev–Trinajstić information content (AvgIpc) is 3.03. The number of rotatable bonds is 8. The van der Waals surface area contributed by atoms with Crippen molar-refractivity contribution in [2.24, 2.45) is 0 Å². The summed E-state index contributed by atoms with van der Waals surface area (Å²) in [4.78, 5) is 69.0. The number of carboxylic acid groups (broad SMARTS) is 1. The first kappa shape index (κ1) is 39.6. The number of carboxylic acids is 1. The zero-order chi connectivity index (χ0) is 36.0. The van der Waals surface area contributed by atoms with Gasteiger partial charge in [0.25, 0.3) is 16.6 Å². The first-order valence-corrected chi connectivity index (χ1v) is 14.4. The molecule has 0 aliphatic carbocycles. The number of ether oxygens (including phenoxy) is 2. The maximum atomic E-state index is 12.2. The highest BCUT2D eigenvalue weighted by atomic mass is 35.5. The highest BCUT2D eigenvalue weighted by molar-refractivity contribution is 6.68. The molecule has 2 aliphatic rings. The fourth-order valence-corrected chi connectivity index (χ4v) is 5.85. The number of nitrogens with one attached hydrogen (secondary N) is 2. The van der Waals surface area contributed by atoms with Crippen LogP contribution >= 0.6 is 24.0 Å². The molecule has 260 valence electrons. The predicted octanol–water partition coefficient (Wildman–Crippen LogP) is 5.28. The molecule has 0 saturated carbocycles. The zero-order valence-electron chi connectivity index (χ0n) is 27.0. The van der Waals surface area contributed by atoms with Gasteiger partial charge in [-0.1, -0.05) is 24.3 Å². The summed E-state index contributed by atoms with van der Waals surface area (Å²) in [6, 6.07) is 11.3. The first-order valence-electron chi connectivity index (χ1n) is 14.0. The van der Waals surface area contributed by atoms with Crippen LogP contribution in [-0.4, -0.2) is 52.3 Å². The fourth-order valence-electron chi connectivity index (χ4n) is 5.60. The van der Waals surface area contributed by atoms with E-state index in [-0.39, 0.29) is 46.1 Å². The number of nitro benzene ring substituents is 2. The van der Waals surface area contributed by atoms with E-state index in [0.29, 0.717) is 33.9 Å². The Labute approximate surface area is 291 Å². The van der Waals surface area contributed by atoms with Gasteiger partial charge in [0.2, 0.25) is 0 Å². The lowest BCUT2D eigenvalue weighted by Gasteiger charge is -2.29. The topological polar surface area (TPSA) is 217 Å². The van der Waals surface area contributed by atoms with Crippen molar-refractivity contribution in [3.63, 3.8) is 0 Å². The van der Waals surface area contributed by atoms with E-state index < -0.39 is 44.8 Å². The lowest BCUT2D eigenvalue weighted by atomic mass is 9.80. The molecule has 2 aliphatic heterocycles. The number of methoxy groups -OCH3 is 2. The Morgan fingerprint density at radius 3 is 1.37 bits per heavy atom. The Bertz CT molecular complexity index is 1730. The van der Waals surface area contributed by atoms with E-state index in [0.717, 1.165) is 0 Å². The molecule has 1 unspecified atom stereocenters. The molecule has 15 nitrogen and oxygen atoms in total. The summed E-state index contributed by atoms with van der Waals surface area (Å²) in [5, 5.41) is 36.7. The summed E-state index contributed by atoms with van der Waals surface area (Å²) in [5.41, 5.74) is 2.61. The van der Waals surface area contributed by atoms with Gasteiger partial charge in [0.05, 0.1) is 46.7 Å². The fraction of sp³-hybridized carbons (Fsp3) is 0.250. The Balaban J connectivity index is 0.000000333. The number of benzene rings is 2. The molecule has 0 radical (unpaired) electrons.